The first-order valence-electron chi connectivity index (χ1n) is 9.47. The molecule has 0 radical (unpaired) electrons. The fraction of sp³-hybridized carbons (Fsp3) is 0.333. The predicted molar refractivity (Wildman–Crippen MR) is 111 cm³/mol. The molecule has 0 bridgehead atoms. The van der Waals surface area contributed by atoms with Gasteiger partial charge in [0.2, 0.25) is 5.91 Å². The molecule has 1 N–H and O–H groups in total. The lowest BCUT2D eigenvalue weighted by molar-refractivity contribution is -0.274. The molecule has 166 valence electrons. The van der Waals surface area contributed by atoms with E-state index < -0.39 is 18.0 Å². The highest BCUT2D eigenvalue weighted by Crippen LogP contribution is 2.31. The van der Waals surface area contributed by atoms with Crippen molar-refractivity contribution < 1.29 is 32.2 Å². The molecule has 1 aliphatic rings. The van der Waals surface area contributed by atoms with Crippen LogP contribution in [0.5, 0.6) is 5.75 Å². The minimum Gasteiger partial charge on any atom is -0.404 e. The van der Waals surface area contributed by atoms with Gasteiger partial charge in [-0.2, -0.15) is 0 Å². The number of carbonyl (C=O) groups is 2. The molecular formula is C21H20BrF3N2O4. The van der Waals surface area contributed by atoms with Crippen molar-refractivity contribution in [2.24, 2.45) is 0 Å². The van der Waals surface area contributed by atoms with E-state index in [0.29, 0.717) is 26.3 Å². The topological polar surface area (TPSA) is 67.9 Å². The summed E-state index contributed by atoms with van der Waals surface area (Å²) < 4.78 is 48.4. The highest BCUT2D eigenvalue weighted by Gasteiger charge is 2.32. The zero-order valence-corrected chi connectivity index (χ0v) is 18.0. The van der Waals surface area contributed by atoms with Crippen LogP contribution in [0.15, 0.2) is 46.9 Å². The highest BCUT2D eigenvalue weighted by atomic mass is 79.9. The molecule has 1 heterocycles. The molecule has 0 saturated carbocycles. The maximum atomic E-state index is 12.8. The van der Waals surface area contributed by atoms with Gasteiger partial charge in [-0.3, -0.25) is 14.5 Å². The maximum Gasteiger partial charge on any atom is 0.573 e. The van der Waals surface area contributed by atoms with E-state index in [9.17, 15) is 22.8 Å². The third kappa shape index (κ3) is 7.34. The molecule has 1 aliphatic heterocycles. The second-order valence-corrected chi connectivity index (χ2v) is 7.84. The normalized spacial score (nSPS) is 14.8. The SMILES string of the molecule is O=C(CN1CCOCC1)Nc1cc(C(=O)Cc2ccc(Br)cc2)ccc1OC(F)(F)F. The summed E-state index contributed by atoms with van der Waals surface area (Å²) in [6, 6.07) is 10.6. The van der Waals surface area contributed by atoms with Gasteiger partial charge in [-0.1, -0.05) is 28.1 Å². The zero-order chi connectivity index (χ0) is 22.4. The van der Waals surface area contributed by atoms with Crippen molar-refractivity contribution in [2.45, 2.75) is 12.8 Å². The van der Waals surface area contributed by atoms with Crippen LogP contribution in [0, 0.1) is 0 Å². The van der Waals surface area contributed by atoms with Crippen molar-refractivity contribution in [1.29, 1.82) is 0 Å². The van der Waals surface area contributed by atoms with Crippen molar-refractivity contribution in [3.8, 4) is 5.75 Å². The van der Waals surface area contributed by atoms with Gasteiger partial charge < -0.3 is 14.8 Å². The Bertz CT molecular complexity index is 929. The third-order valence-corrected chi connectivity index (χ3v) is 5.08. The molecule has 1 fully saturated rings. The van der Waals surface area contributed by atoms with Gasteiger partial charge in [-0.25, -0.2) is 0 Å². The number of morpholine rings is 1. The lowest BCUT2D eigenvalue weighted by atomic mass is 10.0. The van der Waals surface area contributed by atoms with E-state index in [0.717, 1.165) is 16.1 Å². The lowest BCUT2D eigenvalue weighted by Gasteiger charge is -2.26. The summed E-state index contributed by atoms with van der Waals surface area (Å²) in [5, 5.41) is 2.44. The minimum atomic E-state index is -4.94. The van der Waals surface area contributed by atoms with Gasteiger partial charge in [-0.15, -0.1) is 13.2 Å². The standard InChI is InChI=1S/C21H20BrF3N2O4/c22-16-4-1-14(2-5-16)11-18(28)15-3-6-19(31-21(23,24)25)17(12-15)26-20(29)13-27-7-9-30-10-8-27/h1-6,12H,7-11,13H2,(H,26,29). The van der Waals surface area contributed by atoms with E-state index in [2.05, 4.69) is 26.0 Å². The van der Waals surface area contributed by atoms with Gasteiger partial charge in [0.25, 0.3) is 0 Å². The second kappa shape index (κ2) is 10.3. The number of alkyl halides is 3. The van der Waals surface area contributed by atoms with Crippen LogP contribution in [0.25, 0.3) is 0 Å². The van der Waals surface area contributed by atoms with E-state index in [4.69, 9.17) is 4.74 Å². The number of nitrogens with zero attached hydrogens (tertiary/aromatic N) is 1. The van der Waals surface area contributed by atoms with E-state index in [1.165, 1.54) is 12.1 Å². The van der Waals surface area contributed by atoms with Crippen LogP contribution in [0.2, 0.25) is 0 Å². The van der Waals surface area contributed by atoms with Crippen molar-refractivity contribution in [3.63, 3.8) is 0 Å². The average molecular weight is 501 g/mol. The molecule has 2 aromatic rings. The van der Waals surface area contributed by atoms with Crippen LogP contribution in [0.1, 0.15) is 15.9 Å². The lowest BCUT2D eigenvalue weighted by Crippen LogP contribution is -2.41. The number of Topliss-reactive ketones (excluding diaryl/α,β-unsaturated/α-hetero) is 1. The molecule has 6 nitrogen and oxygen atoms in total. The first-order chi connectivity index (χ1) is 14.7. The Kier molecular flexibility index (Phi) is 7.69. The van der Waals surface area contributed by atoms with Gasteiger partial charge in [0.1, 0.15) is 0 Å². The summed E-state index contributed by atoms with van der Waals surface area (Å²) >= 11 is 3.31. The number of nitrogens with one attached hydrogen (secondary N) is 1. The summed E-state index contributed by atoms with van der Waals surface area (Å²) in [6.07, 6.45) is -4.87. The van der Waals surface area contributed by atoms with Gasteiger partial charge in [-0.05, 0) is 35.9 Å². The van der Waals surface area contributed by atoms with E-state index in [1.54, 1.807) is 24.3 Å². The van der Waals surface area contributed by atoms with Crippen LogP contribution in [-0.4, -0.2) is 55.8 Å². The Morgan fingerprint density at radius 3 is 2.42 bits per heavy atom. The van der Waals surface area contributed by atoms with Gasteiger partial charge in [0.15, 0.2) is 11.5 Å². The van der Waals surface area contributed by atoms with Crippen LogP contribution in [0.4, 0.5) is 18.9 Å². The fourth-order valence-electron chi connectivity index (χ4n) is 3.06. The molecule has 1 amide bonds. The number of rotatable bonds is 7. The molecule has 2 aromatic carbocycles. The van der Waals surface area contributed by atoms with Crippen LogP contribution in [-0.2, 0) is 16.0 Å². The Morgan fingerprint density at radius 1 is 1.10 bits per heavy atom. The Balaban J connectivity index is 1.77. The zero-order valence-electron chi connectivity index (χ0n) is 16.4. The van der Waals surface area contributed by atoms with Crippen LogP contribution >= 0.6 is 15.9 Å². The van der Waals surface area contributed by atoms with Gasteiger partial charge >= 0.3 is 6.36 Å². The number of hydrogen-bond acceptors (Lipinski definition) is 5. The van der Waals surface area contributed by atoms with E-state index >= 15 is 0 Å². The molecule has 0 spiro atoms. The third-order valence-electron chi connectivity index (χ3n) is 4.55. The molecule has 1 saturated heterocycles. The number of ether oxygens (including phenoxy) is 2. The molecule has 10 heteroatoms. The summed E-state index contributed by atoms with van der Waals surface area (Å²) in [5.41, 5.74) is 0.707. The largest absolute Gasteiger partial charge is 0.573 e. The van der Waals surface area contributed by atoms with Crippen LogP contribution in [0.3, 0.4) is 0 Å². The van der Waals surface area contributed by atoms with Crippen molar-refractivity contribution in [1.82, 2.24) is 4.90 Å². The Morgan fingerprint density at radius 2 is 1.77 bits per heavy atom. The Labute approximate surface area is 185 Å². The minimum absolute atomic E-state index is 0.00805. The molecule has 0 aromatic heterocycles. The van der Waals surface area contributed by atoms with E-state index in [-0.39, 0.29) is 30.0 Å². The molecule has 31 heavy (non-hydrogen) atoms. The molecule has 0 unspecified atom stereocenters. The van der Waals surface area contributed by atoms with E-state index in [1.807, 2.05) is 4.90 Å². The predicted octanol–water partition coefficient (Wildman–Crippen LogP) is 4.04. The number of carbonyl (C=O) groups excluding carboxylic acids is 2. The average Bonchev–Trinajstić information content (AvgIpc) is 2.70. The quantitative estimate of drug-likeness (QED) is 0.581. The monoisotopic (exact) mass is 500 g/mol. The van der Waals surface area contributed by atoms with Crippen molar-refractivity contribution in [2.75, 3.05) is 38.2 Å². The highest BCUT2D eigenvalue weighted by molar-refractivity contribution is 9.10. The summed E-state index contributed by atoms with van der Waals surface area (Å²) in [4.78, 5) is 26.8. The summed E-state index contributed by atoms with van der Waals surface area (Å²) in [7, 11) is 0. The number of benzene rings is 2. The van der Waals surface area contributed by atoms with Gasteiger partial charge in [0, 0.05) is 29.5 Å². The number of hydrogen-bond donors (Lipinski definition) is 1. The summed E-state index contributed by atoms with van der Waals surface area (Å²) in [5.74, 6) is -1.39. The number of halogens is 4. The molecule has 3 rings (SSSR count). The second-order valence-electron chi connectivity index (χ2n) is 6.92. The van der Waals surface area contributed by atoms with Crippen molar-refractivity contribution in [3.05, 3.63) is 58.1 Å². The fourth-order valence-corrected chi connectivity index (χ4v) is 3.32. The molecule has 0 atom stereocenters. The Hall–Kier alpha value is -2.43. The number of amides is 1. The summed E-state index contributed by atoms with van der Waals surface area (Å²) in [6.45, 7) is 2.05. The maximum absolute atomic E-state index is 12.8. The molecular weight excluding hydrogens is 481 g/mol. The van der Waals surface area contributed by atoms with Gasteiger partial charge in [0.05, 0.1) is 25.4 Å². The smallest absolute Gasteiger partial charge is 0.404 e. The number of ketones is 1. The molecule has 0 aliphatic carbocycles. The number of anilines is 1. The first-order valence-corrected chi connectivity index (χ1v) is 10.3. The van der Waals surface area contributed by atoms with Crippen LogP contribution < -0.4 is 10.1 Å². The first kappa shape index (κ1) is 23.2. The van der Waals surface area contributed by atoms with Crippen molar-refractivity contribution >= 4 is 33.3 Å².